The molecule has 0 rings (SSSR count). The van der Waals surface area contributed by atoms with E-state index in [1.807, 2.05) is 5.43 Å². The van der Waals surface area contributed by atoms with E-state index in [0.29, 0.717) is 0 Å². The third-order valence-electron chi connectivity index (χ3n) is 0.841. The van der Waals surface area contributed by atoms with Crippen molar-refractivity contribution in [2.45, 2.75) is 13.8 Å². The second-order valence-electron chi connectivity index (χ2n) is 2.29. The van der Waals surface area contributed by atoms with Crippen LogP contribution in [-0.2, 0) is 15.0 Å². The van der Waals surface area contributed by atoms with Crippen LogP contribution in [0.4, 0.5) is 0 Å². The molecule has 0 aliphatic carbocycles. The maximum atomic E-state index is 10.7. The maximum Gasteiger partial charge on any atom is 0.291 e. The minimum Gasteiger partial charge on any atom is -0.277 e. The number of nitrogens with one attached hydrogen (secondary N) is 2. The predicted octanol–water partition coefficient (Wildman–Crippen LogP) is -1.53. The molecular formula is C4H11N3O3S. The Morgan fingerprint density at radius 3 is 2.18 bits per heavy atom. The monoisotopic (exact) mass is 181 g/mol. The predicted molar refractivity (Wildman–Crippen MR) is 39.2 cm³/mol. The normalized spacial score (nSPS) is 11.6. The molecular weight excluding hydrogens is 170 g/mol. The number of carbonyl (C=O) groups excluding carboxylic acids is 1. The molecule has 11 heavy (non-hydrogen) atoms. The van der Waals surface area contributed by atoms with Crippen molar-refractivity contribution in [1.29, 1.82) is 0 Å². The molecule has 0 heterocycles. The number of hydrogen-bond acceptors (Lipinski definition) is 3. The van der Waals surface area contributed by atoms with Crippen molar-refractivity contribution in [3.63, 3.8) is 0 Å². The Bertz CT molecular complexity index is 233. The third-order valence-corrected chi connectivity index (χ3v) is 1.23. The molecule has 7 heteroatoms. The van der Waals surface area contributed by atoms with Gasteiger partial charge >= 0.3 is 0 Å². The van der Waals surface area contributed by atoms with Gasteiger partial charge in [-0.15, -0.1) is 4.83 Å². The minimum absolute atomic E-state index is 0.288. The van der Waals surface area contributed by atoms with Crippen molar-refractivity contribution in [3.8, 4) is 0 Å². The van der Waals surface area contributed by atoms with Crippen LogP contribution in [0.5, 0.6) is 0 Å². The van der Waals surface area contributed by atoms with E-state index in [9.17, 15) is 13.2 Å². The first-order chi connectivity index (χ1) is 4.83. The minimum atomic E-state index is -3.83. The van der Waals surface area contributed by atoms with Gasteiger partial charge < -0.3 is 0 Å². The van der Waals surface area contributed by atoms with Gasteiger partial charge in [0.1, 0.15) is 0 Å². The molecule has 0 aromatic heterocycles. The average molecular weight is 181 g/mol. The Morgan fingerprint density at radius 2 is 1.91 bits per heavy atom. The van der Waals surface area contributed by atoms with Gasteiger partial charge in [0, 0.05) is 5.92 Å². The molecule has 0 aliphatic rings. The summed E-state index contributed by atoms with van der Waals surface area (Å²) in [6, 6.07) is 0. The number of nitrogens with two attached hydrogens (primary N) is 1. The summed E-state index contributed by atoms with van der Waals surface area (Å²) in [7, 11) is -3.83. The first kappa shape index (κ1) is 10.3. The van der Waals surface area contributed by atoms with Crippen LogP contribution in [0.3, 0.4) is 0 Å². The summed E-state index contributed by atoms with van der Waals surface area (Å²) in [4.78, 5) is 12.3. The first-order valence-electron chi connectivity index (χ1n) is 2.92. The van der Waals surface area contributed by atoms with Crippen LogP contribution in [-0.4, -0.2) is 14.3 Å². The molecule has 0 aromatic rings. The van der Waals surface area contributed by atoms with E-state index >= 15 is 0 Å². The van der Waals surface area contributed by atoms with Crippen molar-refractivity contribution in [2.75, 3.05) is 0 Å². The largest absolute Gasteiger partial charge is 0.291 e. The highest BCUT2D eigenvalue weighted by Crippen LogP contribution is 1.88. The molecule has 0 fully saturated rings. The van der Waals surface area contributed by atoms with Gasteiger partial charge in [0.25, 0.3) is 10.2 Å². The molecule has 0 radical (unpaired) electrons. The molecule has 0 bridgehead atoms. The second-order valence-corrected chi connectivity index (χ2v) is 3.59. The third kappa shape index (κ3) is 5.77. The Kier molecular flexibility index (Phi) is 3.43. The van der Waals surface area contributed by atoms with Gasteiger partial charge in [0.15, 0.2) is 0 Å². The van der Waals surface area contributed by atoms with Crippen molar-refractivity contribution in [1.82, 2.24) is 10.3 Å². The number of hydrogen-bond donors (Lipinski definition) is 3. The molecule has 0 saturated heterocycles. The summed E-state index contributed by atoms with van der Waals surface area (Å²) < 4.78 is 20.4. The highest BCUT2D eigenvalue weighted by molar-refractivity contribution is 7.87. The van der Waals surface area contributed by atoms with E-state index in [-0.39, 0.29) is 5.92 Å². The van der Waals surface area contributed by atoms with E-state index < -0.39 is 16.1 Å². The van der Waals surface area contributed by atoms with Gasteiger partial charge in [-0.2, -0.15) is 8.42 Å². The van der Waals surface area contributed by atoms with Gasteiger partial charge in [0.2, 0.25) is 5.91 Å². The van der Waals surface area contributed by atoms with Crippen LogP contribution >= 0.6 is 0 Å². The SMILES string of the molecule is CC(C)C(=O)NNS(N)(=O)=O. The summed E-state index contributed by atoms with van der Waals surface area (Å²) in [5, 5.41) is 4.53. The molecule has 0 saturated carbocycles. The van der Waals surface area contributed by atoms with Gasteiger partial charge in [-0.25, -0.2) is 5.14 Å². The zero-order valence-electron chi connectivity index (χ0n) is 6.29. The summed E-state index contributed by atoms with van der Waals surface area (Å²) in [5.74, 6) is -0.719. The highest BCUT2D eigenvalue weighted by atomic mass is 32.2. The maximum absolute atomic E-state index is 10.7. The summed E-state index contributed by atoms with van der Waals surface area (Å²) in [6.07, 6.45) is 0. The van der Waals surface area contributed by atoms with Crippen LogP contribution in [0.2, 0.25) is 0 Å². The quantitative estimate of drug-likeness (QED) is 0.460. The van der Waals surface area contributed by atoms with Crippen LogP contribution in [0, 0.1) is 5.92 Å². The fraction of sp³-hybridized carbons (Fsp3) is 0.750. The van der Waals surface area contributed by atoms with Crippen molar-refractivity contribution < 1.29 is 13.2 Å². The highest BCUT2D eigenvalue weighted by Gasteiger charge is 2.08. The zero-order chi connectivity index (χ0) is 9.07. The lowest BCUT2D eigenvalue weighted by molar-refractivity contribution is -0.124. The number of rotatable bonds is 3. The van der Waals surface area contributed by atoms with E-state index in [1.165, 1.54) is 0 Å². The zero-order valence-corrected chi connectivity index (χ0v) is 7.10. The number of hydrazine groups is 1. The molecule has 0 aromatic carbocycles. The standard InChI is InChI=1S/C4H11N3O3S/c1-3(2)4(8)6-7-11(5,9)10/h3,7H,1-2H3,(H,6,8)(H2,5,9,10). The number of amides is 1. The Morgan fingerprint density at radius 1 is 1.45 bits per heavy atom. The molecule has 0 atom stereocenters. The Hall–Kier alpha value is -0.660. The average Bonchev–Trinajstić information content (AvgIpc) is 1.80. The van der Waals surface area contributed by atoms with Crippen LogP contribution in [0.15, 0.2) is 0 Å². The lowest BCUT2D eigenvalue weighted by atomic mass is 10.2. The van der Waals surface area contributed by atoms with Gasteiger partial charge in [-0.1, -0.05) is 13.8 Å². The smallest absolute Gasteiger partial charge is 0.277 e. The Labute approximate surface area is 65.3 Å². The van der Waals surface area contributed by atoms with Crippen molar-refractivity contribution in [2.24, 2.45) is 11.1 Å². The molecule has 6 nitrogen and oxygen atoms in total. The van der Waals surface area contributed by atoms with E-state index in [2.05, 4.69) is 5.14 Å². The topological polar surface area (TPSA) is 101 Å². The van der Waals surface area contributed by atoms with E-state index in [1.54, 1.807) is 18.7 Å². The molecule has 0 spiro atoms. The van der Waals surface area contributed by atoms with E-state index in [4.69, 9.17) is 0 Å². The fourth-order valence-corrected chi connectivity index (χ4v) is 0.509. The van der Waals surface area contributed by atoms with Gasteiger partial charge in [0.05, 0.1) is 0 Å². The molecule has 0 aliphatic heterocycles. The second kappa shape index (κ2) is 3.65. The van der Waals surface area contributed by atoms with E-state index in [0.717, 1.165) is 0 Å². The summed E-state index contributed by atoms with van der Waals surface area (Å²) in [5.41, 5.74) is 1.92. The van der Waals surface area contributed by atoms with Crippen LogP contribution in [0.25, 0.3) is 0 Å². The molecule has 66 valence electrons. The first-order valence-corrected chi connectivity index (χ1v) is 4.47. The summed E-state index contributed by atoms with van der Waals surface area (Å²) in [6.45, 7) is 3.25. The van der Waals surface area contributed by atoms with Crippen molar-refractivity contribution in [3.05, 3.63) is 0 Å². The van der Waals surface area contributed by atoms with Gasteiger partial charge in [-0.05, 0) is 0 Å². The molecule has 1 amide bonds. The fourth-order valence-electron chi connectivity index (χ4n) is 0.266. The number of carbonyl (C=O) groups is 1. The Balaban J connectivity index is 3.83. The van der Waals surface area contributed by atoms with Gasteiger partial charge in [-0.3, -0.25) is 10.2 Å². The van der Waals surface area contributed by atoms with Crippen molar-refractivity contribution >= 4 is 16.1 Å². The van der Waals surface area contributed by atoms with Crippen LogP contribution < -0.4 is 15.4 Å². The lowest BCUT2D eigenvalue weighted by Gasteiger charge is -2.06. The molecule has 0 unspecified atom stereocenters. The summed E-state index contributed by atoms with van der Waals surface area (Å²) >= 11 is 0. The van der Waals surface area contributed by atoms with Crippen LogP contribution in [0.1, 0.15) is 13.8 Å². The lowest BCUT2D eigenvalue weighted by Crippen LogP contribution is -2.46. The molecule has 4 N–H and O–H groups in total.